The lowest BCUT2D eigenvalue weighted by Crippen LogP contribution is -2.40. The molecule has 0 radical (unpaired) electrons. The van der Waals surface area contributed by atoms with Gasteiger partial charge < -0.3 is 11.1 Å². The molecule has 136 valence electrons. The Bertz CT molecular complexity index is 499. The zero-order valence-corrected chi connectivity index (χ0v) is 15.3. The second kappa shape index (κ2) is 9.82. The van der Waals surface area contributed by atoms with E-state index >= 15 is 0 Å². The first-order chi connectivity index (χ1) is 11.6. The van der Waals surface area contributed by atoms with Gasteiger partial charge in [-0.1, -0.05) is 39.0 Å². The molecule has 1 amide bonds. The van der Waals surface area contributed by atoms with E-state index in [2.05, 4.69) is 17.3 Å². The Kier molecular flexibility index (Phi) is 7.76. The number of unbranched alkanes of at least 4 members (excludes halogenated alkanes) is 3. The molecule has 1 aromatic heterocycles. The molecule has 24 heavy (non-hydrogen) atoms. The molecule has 0 bridgehead atoms. The number of hydrogen-bond acceptors (Lipinski definition) is 3. The van der Waals surface area contributed by atoms with Crippen molar-refractivity contribution in [1.82, 2.24) is 15.1 Å². The smallest absolute Gasteiger partial charge is 0.222 e. The molecular formula is C19H34N4O. The molecule has 2 rings (SSSR count). The van der Waals surface area contributed by atoms with E-state index < -0.39 is 0 Å². The van der Waals surface area contributed by atoms with E-state index in [4.69, 9.17) is 5.73 Å². The predicted octanol–water partition coefficient (Wildman–Crippen LogP) is 2.79. The summed E-state index contributed by atoms with van der Waals surface area (Å²) in [5, 5.41) is 7.82. The lowest BCUT2D eigenvalue weighted by molar-refractivity contribution is -0.121. The first-order valence-electron chi connectivity index (χ1n) is 9.60. The molecule has 0 saturated heterocycles. The van der Waals surface area contributed by atoms with Gasteiger partial charge in [0.2, 0.25) is 5.91 Å². The molecule has 1 aromatic rings. The third-order valence-electron chi connectivity index (χ3n) is 5.36. The first kappa shape index (κ1) is 19.0. The largest absolute Gasteiger partial charge is 0.369 e. The van der Waals surface area contributed by atoms with Crippen molar-refractivity contribution < 1.29 is 4.79 Å². The highest BCUT2D eigenvalue weighted by Gasteiger charge is 2.28. The van der Waals surface area contributed by atoms with Crippen molar-refractivity contribution in [2.24, 2.45) is 24.6 Å². The lowest BCUT2D eigenvalue weighted by Gasteiger charge is -2.23. The topological polar surface area (TPSA) is 72.9 Å². The van der Waals surface area contributed by atoms with Crippen LogP contribution in [0.25, 0.3) is 0 Å². The molecule has 1 aliphatic rings. The van der Waals surface area contributed by atoms with Crippen LogP contribution in [0.2, 0.25) is 0 Å². The molecule has 1 heterocycles. The molecule has 1 aliphatic carbocycles. The highest BCUT2D eigenvalue weighted by molar-refractivity contribution is 5.77. The third kappa shape index (κ3) is 5.93. The van der Waals surface area contributed by atoms with Crippen molar-refractivity contribution in [3.8, 4) is 0 Å². The van der Waals surface area contributed by atoms with E-state index in [9.17, 15) is 4.79 Å². The highest BCUT2D eigenvalue weighted by atomic mass is 16.1. The minimum absolute atomic E-state index is 0.157. The average molecular weight is 335 g/mol. The normalized spacial score (nSPS) is 21.9. The SMILES string of the molecule is CCCCCC[C@@H]1CCC[C@@H]1NC[C@H](Cc1cnn(C)c1)C(N)=O. The molecule has 0 aromatic carbocycles. The summed E-state index contributed by atoms with van der Waals surface area (Å²) < 4.78 is 1.77. The summed E-state index contributed by atoms with van der Waals surface area (Å²) in [6.45, 7) is 2.94. The summed E-state index contributed by atoms with van der Waals surface area (Å²) in [6, 6.07) is 0.558. The number of carbonyl (C=O) groups excluding carboxylic acids is 1. The highest BCUT2D eigenvalue weighted by Crippen LogP contribution is 2.30. The third-order valence-corrected chi connectivity index (χ3v) is 5.36. The minimum Gasteiger partial charge on any atom is -0.369 e. The lowest BCUT2D eigenvalue weighted by atomic mass is 9.94. The number of primary amides is 1. The van der Waals surface area contributed by atoms with Gasteiger partial charge in [-0.2, -0.15) is 5.10 Å². The van der Waals surface area contributed by atoms with Crippen molar-refractivity contribution in [2.45, 2.75) is 70.8 Å². The van der Waals surface area contributed by atoms with E-state index in [1.807, 2.05) is 19.4 Å². The number of aromatic nitrogens is 2. The maximum Gasteiger partial charge on any atom is 0.222 e. The zero-order valence-electron chi connectivity index (χ0n) is 15.3. The summed E-state index contributed by atoms with van der Waals surface area (Å²) in [5.74, 6) is 0.396. The number of aryl methyl sites for hydroxylation is 1. The van der Waals surface area contributed by atoms with Crippen LogP contribution in [0, 0.1) is 11.8 Å². The van der Waals surface area contributed by atoms with Crippen LogP contribution in [0.1, 0.15) is 63.9 Å². The quantitative estimate of drug-likeness (QED) is 0.611. The van der Waals surface area contributed by atoms with Gasteiger partial charge in [-0.15, -0.1) is 0 Å². The Labute approximate surface area is 146 Å². The fourth-order valence-corrected chi connectivity index (χ4v) is 3.91. The molecule has 5 heteroatoms. The molecular weight excluding hydrogens is 300 g/mol. The van der Waals surface area contributed by atoms with Crippen molar-refractivity contribution in [1.29, 1.82) is 0 Å². The van der Waals surface area contributed by atoms with Crippen LogP contribution < -0.4 is 11.1 Å². The number of hydrogen-bond donors (Lipinski definition) is 2. The van der Waals surface area contributed by atoms with Crippen LogP contribution in [0.3, 0.4) is 0 Å². The molecule has 5 nitrogen and oxygen atoms in total. The Balaban J connectivity index is 1.78. The van der Waals surface area contributed by atoms with E-state index in [-0.39, 0.29) is 11.8 Å². The van der Waals surface area contributed by atoms with E-state index in [0.29, 0.717) is 19.0 Å². The van der Waals surface area contributed by atoms with Gasteiger partial charge in [-0.25, -0.2) is 0 Å². The summed E-state index contributed by atoms with van der Waals surface area (Å²) in [6.07, 6.45) is 15.0. The molecule has 1 saturated carbocycles. The van der Waals surface area contributed by atoms with Gasteiger partial charge in [-0.3, -0.25) is 9.48 Å². The van der Waals surface area contributed by atoms with Crippen LogP contribution >= 0.6 is 0 Å². The Hall–Kier alpha value is -1.36. The van der Waals surface area contributed by atoms with Crippen molar-refractivity contribution >= 4 is 5.91 Å². The predicted molar refractivity (Wildman–Crippen MR) is 97.5 cm³/mol. The van der Waals surface area contributed by atoms with Gasteiger partial charge in [-0.05, 0) is 37.2 Å². The Morgan fingerprint density at radius 1 is 1.42 bits per heavy atom. The maximum absolute atomic E-state index is 11.8. The van der Waals surface area contributed by atoms with Crippen LogP contribution in [0.15, 0.2) is 12.4 Å². The van der Waals surface area contributed by atoms with Gasteiger partial charge in [0.1, 0.15) is 0 Å². The second-order valence-corrected chi connectivity index (χ2v) is 7.38. The zero-order chi connectivity index (χ0) is 17.4. The van der Waals surface area contributed by atoms with Gasteiger partial charge in [0.25, 0.3) is 0 Å². The summed E-state index contributed by atoms with van der Waals surface area (Å²) in [5.41, 5.74) is 6.69. The standard InChI is InChI=1S/C19H34N4O/c1-3-4-5-6-8-16-9-7-10-18(16)21-13-17(19(20)24)11-15-12-22-23(2)14-15/h12,14,16-18,21H,3-11,13H2,1-2H3,(H2,20,24)/t16-,17+,18+/m1/s1. The van der Waals surface area contributed by atoms with E-state index in [0.717, 1.165) is 11.5 Å². The molecule has 0 unspecified atom stereocenters. The van der Waals surface area contributed by atoms with Crippen LogP contribution in [0.4, 0.5) is 0 Å². The van der Waals surface area contributed by atoms with Crippen molar-refractivity contribution in [3.05, 3.63) is 18.0 Å². The Morgan fingerprint density at radius 2 is 2.25 bits per heavy atom. The molecule has 3 atom stereocenters. The van der Waals surface area contributed by atoms with Crippen molar-refractivity contribution in [2.75, 3.05) is 6.54 Å². The van der Waals surface area contributed by atoms with Gasteiger partial charge in [0, 0.05) is 25.8 Å². The fraction of sp³-hybridized carbons (Fsp3) is 0.789. The number of nitrogens with two attached hydrogens (primary N) is 1. The first-order valence-corrected chi connectivity index (χ1v) is 9.60. The molecule has 0 aliphatic heterocycles. The van der Waals surface area contributed by atoms with E-state index in [1.54, 1.807) is 4.68 Å². The monoisotopic (exact) mass is 334 g/mol. The molecule has 0 spiro atoms. The van der Waals surface area contributed by atoms with Gasteiger partial charge in [0.05, 0.1) is 12.1 Å². The summed E-state index contributed by atoms with van der Waals surface area (Å²) in [7, 11) is 1.89. The van der Waals surface area contributed by atoms with Crippen LogP contribution in [-0.2, 0) is 18.3 Å². The summed E-state index contributed by atoms with van der Waals surface area (Å²) in [4.78, 5) is 11.8. The maximum atomic E-state index is 11.8. The summed E-state index contributed by atoms with van der Waals surface area (Å²) >= 11 is 0. The average Bonchev–Trinajstić information content (AvgIpc) is 3.16. The minimum atomic E-state index is -0.219. The second-order valence-electron chi connectivity index (χ2n) is 7.38. The Morgan fingerprint density at radius 3 is 2.92 bits per heavy atom. The van der Waals surface area contributed by atoms with Crippen LogP contribution in [0.5, 0.6) is 0 Å². The van der Waals surface area contributed by atoms with Gasteiger partial charge in [0.15, 0.2) is 0 Å². The fourth-order valence-electron chi connectivity index (χ4n) is 3.91. The number of nitrogens with one attached hydrogen (secondary N) is 1. The number of amides is 1. The molecule has 3 N–H and O–H groups in total. The molecule has 1 fully saturated rings. The van der Waals surface area contributed by atoms with Crippen molar-refractivity contribution in [3.63, 3.8) is 0 Å². The number of carbonyl (C=O) groups is 1. The van der Waals surface area contributed by atoms with Crippen LogP contribution in [-0.4, -0.2) is 28.3 Å². The van der Waals surface area contributed by atoms with Gasteiger partial charge >= 0.3 is 0 Å². The number of nitrogens with zero attached hydrogens (tertiary/aromatic N) is 2. The van der Waals surface area contributed by atoms with E-state index in [1.165, 1.54) is 51.4 Å². The number of rotatable bonds is 11.